The van der Waals surface area contributed by atoms with E-state index in [-0.39, 0.29) is 11.5 Å². The lowest BCUT2D eigenvalue weighted by Crippen LogP contribution is -2.30. The van der Waals surface area contributed by atoms with Crippen LogP contribution in [0.15, 0.2) is 79.4 Å². The van der Waals surface area contributed by atoms with Crippen LogP contribution in [0.5, 0.6) is 0 Å². The van der Waals surface area contributed by atoms with E-state index in [1.165, 1.54) is 12.1 Å². The summed E-state index contributed by atoms with van der Waals surface area (Å²) in [6, 6.07) is 16.5. The number of nitrogens with zero attached hydrogens (tertiary/aromatic N) is 5. The third kappa shape index (κ3) is 4.73. The highest BCUT2D eigenvalue weighted by Crippen LogP contribution is 2.31. The standard InChI is InChI=1S/C28H24F2N6O/c29-20-4-6-24(25(30)14-20)19-12-21(33-28(37)17-34-9-1-2-10-34)15-23(13-19)35-18-31-26-16-22(5-7-27(26)35)36-11-3-8-32-36/h3-8,11-16,18H,1-2,9-10,17H2,(H,33,37). The molecule has 7 nitrogen and oxygen atoms in total. The lowest BCUT2D eigenvalue weighted by Gasteiger charge is -2.16. The van der Waals surface area contributed by atoms with E-state index >= 15 is 0 Å². The van der Waals surface area contributed by atoms with Crippen molar-refractivity contribution in [2.45, 2.75) is 12.8 Å². The first-order valence-electron chi connectivity index (χ1n) is 12.1. The van der Waals surface area contributed by atoms with Gasteiger partial charge in [-0.3, -0.25) is 14.3 Å². The van der Waals surface area contributed by atoms with E-state index in [2.05, 4.69) is 20.3 Å². The fraction of sp³-hybridized carbons (Fsp3) is 0.179. The summed E-state index contributed by atoms with van der Waals surface area (Å²) in [6.07, 6.45) is 7.44. The lowest BCUT2D eigenvalue weighted by molar-refractivity contribution is -0.117. The molecule has 0 spiro atoms. The van der Waals surface area contributed by atoms with Crippen molar-refractivity contribution in [1.29, 1.82) is 0 Å². The third-order valence-corrected chi connectivity index (χ3v) is 6.59. The predicted octanol–water partition coefficient (Wildman–Crippen LogP) is 5.19. The molecule has 3 heterocycles. The minimum atomic E-state index is -0.675. The fourth-order valence-electron chi connectivity index (χ4n) is 4.82. The van der Waals surface area contributed by atoms with Gasteiger partial charge in [-0.2, -0.15) is 5.10 Å². The highest BCUT2D eigenvalue weighted by atomic mass is 19.1. The van der Waals surface area contributed by atoms with Crippen LogP contribution in [0.25, 0.3) is 33.5 Å². The van der Waals surface area contributed by atoms with Gasteiger partial charge in [0.05, 0.1) is 23.3 Å². The number of carbonyl (C=O) groups excluding carboxylic acids is 1. The van der Waals surface area contributed by atoms with Crippen molar-refractivity contribution in [3.05, 3.63) is 91.0 Å². The van der Waals surface area contributed by atoms with Crippen molar-refractivity contribution in [2.75, 3.05) is 25.0 Å². The Morgan fingerprint density at radius 2 is 1.84 bits per heavy atom. The molecule has 1 N–H and O–H groups in total. The molecule has 186 valence electrons. The van der Waals surface area contributed by atoms with Crippen molar-refractivity contribution in [2.24, 2.45) is 0 Å². The average Bonchev–Trinajstić information content (AvgIpc) is 3.65. The maximum atomic E-state index is 14.7. The maximum absolute atomic E-state index is 14.7. The first-order valence-corrected chi connectivity index (χ1v) is 12.1. The number of nitrogens with one attached hydrogen (secondary N) is 1. The molecule has 37 heavy (non-hydrogen) atoms. The summed E-state index contributed by atoms with van der Waals surface area (Å²) >= 11 is 0. The largest absolute Gasteiger partial charge is 0.325 e. The molecular formula is C28H24F2N6O. The second-order valence-electron chi connectivity index (χ2n) is 9.16. The number of hydrogen-bond donors (Lipinski definition) is 1. The van der Waals surface area contributed by atoms with Crippen molar-refractivity contribution in [3.8, 4) is 22.5 Å². The maximum Gasteiger partial charge on any atom is 0.238 e. The van der Waals surface area contributed by atoms with Crippen molar-refractivity contribution < 1.29 is 13.6 Å². The summed E-state index contributed by atoms with van der Waals surface area (Å²) < 4.78 is 32.0. The number of fused-ring (bicyclic) bond motifs is 1. The summed E-state index contributed by atoms with van der Waals surface area (Å²) in [6.45, 7) is 2.11. The van der Waals surface area contributed by atoms with Crippen molar-refractivity contribution in [1.82, 2.24) is 24.2 Å². The molecule has 9 heteroatoms. The zero-order valence-electron chi connectivity index (χ0n) is 19.9. The van der Waals surface area contributed by atoms with Gasteiger partial charge < -0.3 is 5.32 Å². The topological polar surface area (TPSA) is 68.0 Å². The van der Waals surface area contributed by atoms with E-state index in [1.54, 1.807) is 29.3 Å². The van der Waals surface area contributed by atoms with E-state index in [0.717, 1.165) is 48.7 Å². The van der Waals surface area contributed by atoms with Gasteiger partial charge in [0, 0.05) is 35.4 Å². The molecule has 0 bridgehead atoms. The second-order valence-corrected chi connectivity index (χ2v) is 9.16. The Balaban J connectivity index is 1.40. The Labute approximate surface area is 212 Å². The molecule has 0 saturated carbocycles. The van der Waals surface area contributed by atoms with Crippen LogP contribution < -0.4 is 5.32 Å². The molecule has 1 aliphatic heterocycles. The number of anilines is 1. The first kappa shape index (κ1) is 23.1. The fourth-order valence-corrected chi connectivity index (χ4v) is 4.82. The van der Waals surface area contributed by atoms with Crippen LogP contribution in [0, 0.1) is 11.6 Å². The third-order valence-electron chi connectivity index (χ3n) is 6.59. The van der Waals surface area contributed by atoms with Crippen LogP contribution in [0.3, 0.4) is 0 Å². The molecular weight excluding hydrogens is 474 g/mol. The monoisotopic (exact) mass is 498 g/mol. The van der Waals surface area contributed by atoms with Crippen LogP contribution in [0.2, 0.25) is 0 Å². The smallest absolute Gasteiger partial charge is 0.238 e. The minimum Gasteiger partial charge on any atom is -0.325 e. The Bertz CT molecular complexity index is 1590. The van der Waals surface area contributed by atoms with E-state index in [1.807, 2.05) is 41.1 Å². The van der Waals surface area contributed by atoms with Gasteiger partial charge in [0.2, 0.25) is 5.91 Å². The minimum absolute atomic E-state index is 0.135. The van der Waals surface area contributed by atoms with Crippen LogP contribution >= 0.6 is 0 Å². The van der Waals surface area contributed by atoms with Gasteiger partial charge >= 0.3 is 0 Å². The molecule has 1 saturated heterocycles. The first-order chi connectivity index (χ1) is 18.0. The van der Waals surface area contributed by atoms with Crippen molar-refractivity contribution >= 4 is 22.6 Å². The Kier molecular flexibility index (Phi) is 5.97. The second kappa shape index (κ2) is 9.59. The van der Waals surface area contributed by atoms with Crippen molar-refractivity contribution in [3.63, 3.8) is 0 Å². The molecule has 2 aromatic heterocycles. The highest BCUT2D eigenvalue weighted by molar-refractivity contribution is 5.93. The Hall–Kier alpha value is -4.37. The molecule has 0 radical (unpaired) electrons. The number of aromatic nitrogens is 4. The summed E-state index contributed by atoms with van der Waals surface area (Å²) in [5.41, 5.74) is 4.43. The summed E-state index contributed by atoms with van der Waals surface area (Å²) in [7, 11) is 0. The number of likely N-dealkylation sites (tertiary alicyclic amines) is 1. The summed E-state index contributed by atoms with van der Waals surface area (Å²) in [5.74, 6) is -1.46. The lowest BCUT2D eigenvalue weighted by atomic mass is 10.0. The molecule has 0 aliphatic carbocycles. The molecule has 3 aromatic carbocycles. The van der Waals surface area contributed by atoms with Crippen LogP contribution in [0.4, 0.5) is 14.5 Å². The van der Waals surface area contributed by atoms with Gasteiger partial charge in [-0.25, -0.2) is 18.4 Å². The molecule has 6 rings (SSSR count). The quantitative estimate of drug-likeness (QED) is 0.350. The van der Waals surface area contributed by atoms with Crippen LogP contribution in [0.1, 0.15) is 12.8 Å². The molecule has 0 unspecified atom stereocenters. The number of carbonyl (C=O) groups is 1. The zero-order chi connectivity index (χ0) is 25.4. The van der Waals surface area contributed by atoms with Gasteiger partial charge in [0.15, 0.2) is 0 Å². The van der Waals surface area contributed by atoms with Gasteiger partial charge in [-0.1, -0.05) is 0 Å². The van der Waals surface area contributed by atoms with E-state index in [9.17, 15) is 13.6 Å². The SMILES string of the molecule is O=C(CN1CCCC1)Nc1cc(-c2ccc(F)cc2F)cc(-n2cnc3cc(-n4cccn4)ccc32)c1. The number of amides is 1. The molecule has 1 amide bonds. The van der Waals surface area contributed by atoms with Crippen LogP contribution in [-0.4, -0.2) is 49.8 Å². The number of hydrogen-bond acceptors (Lipinski definition) is 4. The predicted molar refractivity (Wildman–Crippen MR) is 138 cm³/mol. The number of benzene rings is 3. The zero-order valence-corrected chi connectivity index (χ0v) is 19.9. The van der Waals surface area contributed by atoms with E-state index in [0.29, 0.717) is 23.5 Å². The van der Waals surface area contributed by atoms with Gasteiger partial charge in [0.25, 0.3) is 0 Å². The van der Waals surface area contributed by atoms with Gasteiger partial charge in [0.1, 0.15) is 18.0 Å². The number of halogens is 2. The molecule has 5 aromatic rings. The van der Waals surface area contributed by atoms with Crippen LogP contribution in [-0.2, 0) is 4.79 Å². The number of imidazole rings is 1. The molecule has 1 aliphatic rings. The normalized spacial score (nSPS) is 13.9. The Morgan fingerprint density at radius 1 is 0.973 bits per heavy atom. The van der Waals surface area contributed by atoms with Gasteiger partial charge in [-0.05, 0) is 86.1 Å². The van der Waals surface area contributed by atoms with E-state index in [4.69, 9.17) is 0 Å². The highest BCUT2D eigenvalue weighted by Gasteiger charge is 2.17. The molecule has 0 atom stereocenters. The Morgan fingerprint density at radius 3 is 2.62 bits per heavy atom. The summed E-state index contributed by atoms with van der Waals surface area (Å²) in [4.78, 5) is 19.5. The summed E-state index contributed by atoms with van der Waals surface area (Å²) in [5, 5.41) is 7.24. The average molecular weight is 499 g/mol. The van der Waals surface area contributed by atoms with Gasteiger partial charge in [-0.15, -0.1) is 0 Å². The van der Waals surface area contributed by atoms with E-state index < -0.39 is 11.6 Å². The molecule has 1 fully saturated rings. The number of rotatable bonds is 6.